The maximum atomic E-state index is 4.68. The molecule has 0 aliphatic heterocycles. The molecule has 12 aromatic rings. The molecular weight excluding hydrogens is 701 g/mol. The SMILES string of the molecule is Cc1cc(-c2ccc3c(c2)c2cc4c(cc2n3-c2ccc(-c3ccnc5cccnc35)cc2)sc2ccccc24)cc2c3ccccc3n(-c3ccccc3)c12. The summed E-state index contributed by atoms with van der Waals surface area (Å²) < 4.78 is 7.46. The minimum Gasteiger partial charge on any atom is -0.309 e. The summed E-state index contributed by atoms with van der Waals surface area (Å²) in [6.45, 7) is 2.25. The largest absolute Gasteiger partial charge is 0.309 e. The quantitative estimate of drug-likeness (QED) is 0.181. The fraction of sp³-hybridized carbons (Fsp3) is 0.0196. The lowest BCUT2D eigenvalue weighted by Gasteiger charge is -2.12. The number of benzene rings is 7. The Balaban J connectivity index is 1.08. The number of pyridine rings is 2. The monoisotopic (exact) mass is 732 g/mol. The topological polar surface area (TPSA) is 35.6 Å². The number of hydrogen-bond donors (Lipinski definition) is 0. The smallest absolute Gasteiger partial charge is 0.0964 e. The van der Waals surface area contributed by atoms with Crippen LogP contribution in [0.1, 0.15) is 5.56 Å². The molecule has 0 radical (unpaired) electrons. The van der Waals surface area contributed by atoms with Crippen LogP contribution >= 0.6 is 11.3 Å². The molecule has 262 valence electrons. The van der Waals surface area contributed by atoms with Gasteiger partial charge in [0.1, 0.15) is 0 Å². The third kappa shape index (κ3) is 4.58. The molecule has 5 aromatic heterocycles. The average molecular weight is 733 g/mol. The molecule has 4 nitrogen and oxygen atoms in total. The Bertz CT molecular complexity index is 3530. The number of rotatable bonds is 4. The Hall–Kier alpha value is -7.08. The summed E-state index contributed by atoms with van der Waals surface area (Å²) in [5.41, 5.74) is 14.9. The molecule has 0 fully saturated rings. The van der Waals surface area contributed by atoms with Crippen molar-refractivity contribution in [2.24, 2.45) is 0 Å². The first-order valence-corrected chi connectivity index (χ1v) is 19.8. The van der Waals surface area contributed by atoms with E-state index in [9.17, 15) is 0 Å². The number of aryl methyl sites for hydroxylation is 1. The zero-order valence-electron chi connectivity index (χ0n) is 30.4. The van der Waals surface area contributed by atoms with Gasteiger partial charge in [-0.25, -0.2) is 0 Å². The van der Waals surface area contributed by atoms with E-state index in [1.165, 1.54) is 86.2 Å². The Morgan fingerprint density at radius 2 is 1.16 bits per heavy atom. The van der Waals surface area contributed by atoms with Crippen molar-refractivity contribution in [3.8, 4) is 33.6 Å². The van der Waals surface area contributed by atoms with Crippen molar-refractivity contribution >= 4 is 86.2 Å². The number of hydrogen-bond acceptors (Lipinski definition) is 3. The van der Waals surface area contributed by atoms with Crippen molar-refractivity contribution in [3.63, 3.8) is 0 Å². The second-order valence-corrected chi connectivity index (χ2v) is 15.8. The Kier molecular flexibility index (Phi) is 6.68. The van der Waals surface area contributed by atoms with Crippen molar-refractivity contribution in [1.82, 2.24) is 19.1 Å². The number of thiophene rings is 1. The van der Waals surface area contributed by atoms with Crippen LogP contribution in [-0.4, -0.2) is 19.1 Å². The number of para-hydroxylation sites is 2. The van der Waals surface area contributed by atoms with E-state index in [1.54, 1.807) is 0 Å². The second-order valence-electron chi connectivity index (χ2n) is 14.7. The zero-order chi connectivity index (χ0) is 36.9. The maximum Gasteiger partial charge on any atom is 0.0964 e. The fourth-order valence-electron chi connectivity index (χ4n) is 9.01. The minimum atomic E-state index is 0.899. The van der Waals surface area contributed by atoms with Gasteiger partial charge in [-0.3, -0.25) is 9.97 Å². The number of aromatic nitrogens is 4. The summed E-state index contributed by atoms with van der Waals surface area (Å²) in [5, 5.41) is 7.65. The molecule has 12 rings (SSSR count). The summed E-state index contributed by atoms with van der Waals surface area (Å²) >= 11 is 1.87. The van der Waals surface area contributed by atoms with Crippen LogP contribution < -0.4 is 0 Å². The van der Waals surface area contributed by atoms with Crippen LogP contribution in [0.4, 0.5) is 0 Å². The van der Waals surface area contributed by atoms with Crippen LogP contribution in [0, 0.1) is 6.92 Å². The van der Waals surface area contributed by atoms with E-state index < -0.39 is 0 Å². The van der Waals surface area contributed by atoms with E-state index in [4.69, 9.17) is 0 Å². The fourth-order valence-corrected chi connectivity index (χ4v) is 10.1. The van der Waals surface area contributed by atoms with Crippen LogP contribution in [0.2, 0.25) is 0 Å². The Labute approximate surface area is 326 Å². The van der Waals surface area contributed by atoms with Gasteiger partial charge in [0.05, 0.1) is 33.1 Å². The van der Waals surface area contributed by atoms with E-state index in [1.807, 2.05) is 35.9 Å². The molecule has 56 heavy (non-hydrogen) atoms. The van der Waals surface area contributed by atoms with E-state index >= 15 is 0 Å². The van der Waals surface area contributed by atoms with Crippen molar-refractivity contribution in [1.29, 1.82) is 0 Å². The molecular formula is C51H32N4S. The average Bonchev–Trinajstić information content (AvgIpc) is 3.90. The molecule has 7 aromatic carbocycles. The molecule has 0 aliphatic carbocycles. The summed E-state index contributed by atoms with van der Waals surface area (Å²) in [4.78, 5) is 9.22. The minimum absolute atomic E-state index is 0.899. The summed E-state index contributed by atoms with van der Waals surface area (Å²) in [6, 6.07) is 59.8. The molecule has 0 atom stereocenters. The van der Waals surface area contributed by atoms with E-state index in [2.05, 4.69) is 178 Å². The molecule has 0 N–H and O–H groups in total. The van der Waals surface area contributed by atoms with Gasteiger partial charge in [-0.05, 0) is 120 Å². The predicted molar refractivity (Wildman–Crippen MR) is 237 cm³/mol. The highest BCUT2D eigenvalue weighted by Gasteiger charge is 2.19. The predicted octanol–water partition coefficient (Wildman–Crippen LogP) is 13.8. The van der Waals surface area contributed by atoms with Crippen LogP contribution in [-0.2, 0) is 0 Å². The van der Waals surface area contributed by atoms with Gasteiger partial charge in [-0.1, -0.05) is 72.8 Å². The molecule has 0 saturated carbocycles. The van der Waals surface area contributed by atoms with Crippen LogP contribution in [0.15, 0.2) is 176 Å². The third-order valence-corrected chi connectivity index (χ3v) is 12.6. The summed E-state index contributed by atoms with van der Waals surface area (Å²) in [5.74, 6) is 0. The van der Waals surface area contributed by atoms with Crippen LogP contribution in [0.25, 0.3) is 108 Å². The van der Waals surface area contributed by atoms with E-state index in [0.29, 0.717) is 0 Å². The normalized spacial score (nSPS) is 12.0. The van der Waals surface area contributed by atoms with Gasteiger partial charge in [-0.2, -0.15) is 0 Å². The molecule has 0 amide bonds. The third-order valence-electron chi connectivity index (χ3n) is 11.5. The van der Waals surface area contributed by atoms with E-state index in [-0.39, 0.29) is 0 Å². The summed E-state index contributed by atoms with van der Waals surface area (Å²) in [6.07, 6.45) is 3.71. The van der Waals surface area contributed by atoms with Crippen molar-refractivity contribution in [2.75, 3.05) is 0 Å². The first kappa shape index (κ1) is 31.3. The lowest BCUT2D eigenvalue weighted by Crippen LogP contribution is -1.95. The van der Waals surface area contributed by atoms with Gasteiger partial charge in [0.2, 0.25) is 0 Å². The van der Waals surface area contributed by atoms with Crippen molar-refractivity contribution in [3.05, 3.63) is 182 Å². The highest BCUT2D eigenvalue weighted by Crippen LogP contribution is 2.43. The Morgan fingerprint density at radius 1 is 0.429 bits per heavy atom. The first-order chi connectivity index (χ1) is 27.7. The van der Waals surface area contributed by atoms with Crippen molar-refractivity contribution < 1.29 is 0 Å². The summed E-state index contributed by atoms with van der Waals surface area (Å²) in [7, 11) is 0. The molecule has 0 saturated heterocycles. The molecule has 5 heterocycles. The molecule has 0 spiro atoms. The molecule has 0 bridgehead atoms. The molecule has 0 aliphatic rings. The number of fused-ring (bicyclic) bond motifs is 10. The highest BCUT2D eigenvalue weighted by atomic mass is 32.1. The van der Waals surface area contributed by atoms with E-state index in [0.717, 1.165) is 27.8 Å². The van der Waals surface area contributed by atoms with Gasteiger partial charge >= 0.3 is 0 Å². The van der Waals surface area contributed by atoms with Gasteiger partial charge in [0, 0.05) is 71.0 Å². The zero-order valence-corrected chi connectivity index (χ0v) is 31.3. The highest BCUT2D eigenvalue weighted by molar-refractivity contribution is 7.25. The maximum absolute atomic E-state index is 4.68. The van der Waals surface area contributed by atoms with Gasteiger partial charge in [0.25, 0.3) is 0 Å². The first-order valence-electron chi connectivity index (χ1n) is 19.0. The molecule has 0 unspecified atom stereocenters. The second kappa shape index (κ2) is 12.0. The van der Waals surface area contributed by atoms with Crippen molar-refractivity contribution in [2.45, 2.75) is 6.92 Å². The lowest BCUT2D eigenvalue weighted by atomic mass is 9.98. The lowest BCUT2D eigenvalue weighted by molar-refractivity contribution is 1.17. The van der Waals surface area contributed by atoms with Gasteiger partial charge in [0.15, 0.2) is 0 Å². The standard InChI is InChI=1S/C51H32N4S/c1-31-26-34(28-43-38-12-5-7-15-45(38)55(51(31)43)35-10-3-2-4-11-35)33-19-22-46-40(27-33)41-29-42-39-13-6-8-16-48(39)56-49(42)30-47(41)54(46)36-20-17-32(18-21-36)37-23-25-52-44-14-9-24-53-50(37)44/h2-30H,1H3. The number of nitrogens with zero attached hydrogens (tertiary/aromatic N) is 4. The van der Waals surface area contributed by atoms with Crippen LogP contribution in [0.5, 0.6) is 0 Å². The van der Waals surface area contributed by atoms with Crippen LogP contribution in [0.3, 0.4) is 0 Å². The Morgan fingerprint density at radius 3 is 2.05 bits per heavy atom. The van der Waals surface area contributed by atoms with Gasteiger partial charge < -0.3 is 9.13 Å². The van der Waals surface area contributed by atoms with Gasteiger partial charge in [-0.15, -0.1) is 11.3 Å². The molecule has 5 heteroatoms.